The molecule has 0 spiro atoms. The van der Waals surface area contributed by atoms with E-state index in [2.05, 4.69) is 19.7 Å². The number of rotatable bonds is 4. The van der Waals surface area contributed by atoms with Crippen LogP contribution in [-0.2, 0) is 0 Å². The molecule has 0 rings (SSSR count). The lowest BCUT2D eigenvalue weighted by molar-refractivity contribution is 1.17. The van der Waals surface area contributed by atoms with Gasteiger partial charge in [-0.2, -0.15) is 0 Å². The van der Waals surface area contributed by atoms with Crippen LogP contribution in [0.15, 0.2) is 49.1 Å². The Labute approximate surface area is 62.2 Å². The van der Waals surface area contributed by atoms with E-state index in [4.69, 9.17) is 5.73 Å². The van der Waals surface area contributed by atoms with Crippen molar-refractivity contribution >= 4 is 0 Å². The van der Waals surface area contributed by atoms with Crippen LogP contribution in [0.5, 0.6) is 0 Å². The van der Waals surface area contributed by atoms with E-state index in [1.54, 1.807) is 6.08 Å². The molecule has 0 unspecified atom stereocenters. The number of nitrogens with two attached hydrogens (primary N) is 1. The van der Waals surface area contributed by atoms with Crippen LogP contribution in [0.4, 0.5) is 0 Å². The molecule has 1 heteroatoms. The maximum atomic E-state index is 5.32. The maximum Gasteiger partial charge on any atom is 0.0177 e. The summed E-state index contributed by atoms with van der Waals surface area (Å²) >= 11 is 0. The number of hydrogen-bond acceptors (Lipinski definition) is 1. The molecule has 0 fully saturated rings. The molecule has 0 saturated heterocycles. The van der Waals surface area contributed by atoms with Gasteiger partial charge in [-0.25, -0.2) is 0 Å². The minimum absolute atomic E-state index is 0.459. The van der Waals surface area contributed by atoms with Crippen LogP contribution in [0, 0.1) is 0 Å². The molecule has 2 N–H and O–H groups in total. The Morgan fingerprint density at radius 1 is 1.40 bits per heavy atom. The largest absolute Gasteiger partial charge is 0.326 e. The second-order valence-corrected chi connectivity index (χ2v) is 1.93. The molecule has 0 aliphatic heterocycles. The molecule has 10 heavy (non-hydrogen) atoms. The van der Waals surface area contributed by atoms with Crippen LogP contribution in [-0.4, -0.2) is 6.54 Å². The Bertz CT molecular complexity index is 175. The highest BCUT2D eigenvalue weighted by Gasteiger charge is 1.89. The summed E-state index contributed by atoms with van der Waals surface area (Å²) in [5, 5.41) is 0. The van der Waals surface area contributed by atoms with Crippen LogP contribution >= 0.6 is 0 Å². The minimum Gasteiger partial charge on any atom is -0.326 e. The Morgan fingerprint density at radius 3 is 2.40 bits per heavy atom. The van der Waals surface area contributed by atoms with E-state index in [1.165, 1.54) is 0 Å². The molecule has 0 atom stereocenters. The maximum absolute atomic E-state index is 5.32. The fraction of sp³-hybridized carbons (Fsp3) is 0.111. The molecule has 0 aromatic rings. The van der Waals surface area contributed by atoms with Gasteiger partial charge in [0.2, 0.25) is 0 Å². The summed E-state index contributed by atoms with van der Waals surface area (Å²) in [5.41, 5.74) is 7.05. The molecular formula is C9H13N. The highest BCUT2D eigenvalue weighted by atomic mass is 14.5. The van der Waals surface area contributed by atoms with Gasteiger partial charge in [-0.3, -0.25) is 0 Å². The predicted octanol–water partition coefficient (Wildman–Crippen LogP) is 1.80. The Kier molecular flexibility index (Phi) is 4.25. The third-order valence-corrected chi connectivity index (χ3v) is 1.13. The lowest BCUT2D eigenvalue weighted by atomic mass is 10.1. The van der Waals surface area contributed by atoms with Gasteiger partial charge in [0.25, 0.3) is 0 Å². The second-order valence-electron chi connectivity index (χ2n) is 1.93. The molecular weight excluding hydrogens is 122 g/mol. The van der Waals surface area contributed by atoms with E-state index in [0.717, 1.165) is 11.1 Å². The van der Waals surface area contributed by atoms with E-state index in [1.807, 2.05) is 12.2 Å². The fourth-order valence-corrected chi connectivity index (χ4v) is 0.433. The standard InChI is InChI=1S/C9H13N/c1-4-5-6-8(2)9(3)7-10/h4-6H,1-3,7,10H2/b6-5-. The van der Waals surface area contributed by atoms with Crippen molar-refractivity contribution < 1.29 is 0 Å². The first kappa shape index (κ1) is 8.92. The predicted molar refractivity (Wildman–Crippen MR) is 46.7 cm³/mol. The van der Waals surface area contributed by atoms with Gasteiger partial charge in [-0.15, -0.1) is 0 Å². The summed E-state index contributed by atoms with van der Waals surface area (Å²) in [6.45, 7) is 11.5. The van der Waals surface area contributed by atoms with E-state index in [9.17, 15) is 0 Å². The van der Waals surface area contributed by atoms with Crippen molar-refractivity contribution in [1.29, 1.82) is 0 Å². The third kappa shape index (κ3) is 3.05. The van der Waals surface area contributed by atoms with Gasteiger partial charge < -0.3 is 5.73 Å². The van der Waals surface area contributed by atoms with Crippen LogP contribution in [0.3, 0.4) is 0 Å². The first-order chi connectivity index (χ1) is 4.72. The first-order valence-corrected chi connectivity index (χ1v) is 3.08. The Hall–Kier alpha value is -1.08. The molecule has 54 valence electrons. The average Bonchev–Trinajstić information content (AvgIpc) is 1.98. The van der Waals surface area contributed by atoms with Crippen LogP contribution < -0.4 is 5.73 Å². The van der Waals surface area contributed by atoms with E-state index >= 15 is 0 Å². The van der Waals surface area contributed by atoms with Gasteiger partial charge >= 0.3 is 0 Å². The van der Waals surface area contributed by atoms with E-state index in [0.29, 0.717) is 6.54 Å². The normalized spacial score (nSPS) is 9.70. The molecule has 0 radical (unpaired) electrons. The molecule has 0 aromatic heterocycles. The topological polar surface area (TPSA) is 26.0 Å². The zero-order valence-corrected chi connectivity index (χ0v) is 6.14. The summed E-state index contributed by atoms with van der Waals surface area (Å²) in [5.74, 6) is 0. The van der Waals surface area contributed by atoms with Gasteiger partial charge in [0, 0.05) is 6.54 Å². The summed E-state index contributed by atoms with van der Waals surface area (Å²) in [4.78, 5) is 0. The summed E-state index contributed by atoms with van der Waals surface area (Å²) in [6, 6.07) is 0. The third-order valence-electron chi connectivity index (χ3n) is 1.13. The van der Waals surface area contributed by atoms with Crippen molar-refractivity contribution in [3.8, 4) is 0 Å². The smallest absolute Gasteiger partial charge is 0.0177 e. The molecule has 0 heterocycles. The molecule has 1 nitrogen and oxygen atoms in total. The lowest BCUT2D eigenvalue weighted by Gasteiger charge is -1.98. The van der Waals surface area contributed by atoms with Crippen LogP contribution in [0.25, 0.3) is 0 Å². The van der Waals surface area contributed by atoms with Crippen molar-refractivity contribution in [3.05, 3.63) is 49.1 Å². The number of hydrogen-bond donors (Lipinski definition) is 1. The van der Waals surface area contributed by atoms with Gasteiger partial charge in [-0.1, -0.05) is 38.0 Å². The summed E-state index contributed by atoms with van der Waals surface area (Å²) in [6.07, 6.45) is 5.33. The minimum atomic E-state index is 0.459. The molecule has 0 aromatic carbocycles. The molecule has 0 amide bonds. The molecule has 0 saturated carbocycles. The summed E-state index contributed by atoms with van der Waals surface area (Å²) in [7, 11) is 0. The van der Waals surface area contributed by atoms with Crippen LogP contribution in [0.1, 0.15) is 0 Å². The van der Waals surface area contributed by atoms with Crippen molar-refractivity contribution in [1.82, 2.24) is 0 Å². The zero-order valence-electron chi connectivity index (χ0n) is 6.14. The van der Waals surface area contributed by atoms with E-state index in [-0.39, 0.29) is 0 Å². The van der Waals surface area contributed by atoms with Gasteiger partial charge in [-0.05, 0) is 11.1 Å². The van der Waals surface area contributed by atoms with Gasteiger partial charge in [0.15, 0.2) is 0 Å². The zero-order chi connectivity index (χ0) is 7.98. The van der Waals surface area contributed by atoms with E-state index < -0.39 is 0 Å². The van der Waals surface area contributed by atoms with Gasteiger partial charge in [0.1, 0.15) is 0 Å². The number of allylic oxidation sites excluding steroid dienone is 3. The van der Waals surface area contributed by atoms with Crippen LogP contribution in [0.2, 0.25) is 0 Å². The van der Waals surface area contributed by atoms with Crippen molar-refractivity contribution in [3.63, 3.8) is 0 Å². The Morgan fingerprint density at radius 2 is 2.00 bits per heavy atom. The van der Waals surface area contributed by atoms with Crippen molar-refractivity contribution in [2.45, 2.75) is 0 Å². The van der Waals surface area contributed by atoms with Crippen molar-refractivity contribution in [2.75, 3.05) is 6.54 Å². The molecule has 0 aliphatic carbocycles. The highest BCUT2D eigenvalue weighted by Crippen LogP contribution is 2.03. The first-order valence-electron chi connectivity index (χ1n) is 3.08. The second kappa shape index (κ2) is 4.77. The molecule has 0 aliphatic rings. The van der Waals surface area contributed by atoms with Gasteiger partial charge in [0.05, 0.1) is 0 Å². The fourth-order valence-electron chi connectivity index (χ4n) is 0.433. The Balaban J connectivity index is 3.97. The van der Waals surface area contributed by atoms with Crippen molar-refractivity contribution in [2.24, 2.45) is 5.73 Å². The monoisotopic (exact) mass is 135 g/mol. The lowest BCUT2D eigenvalue weighted by Crippen LogP contribution is -2.02. The SMILES string of the molecule is C=C/C=C\C(=C)C(=C)CN. The highest BCUT2D eigenvalue weighted by molar-refractivity contribution is 5.36. The average molecular weight is 135 g/mol. The quantitative estimate of drug-likeness (QED) is 0.584. The molecule has 0 bridgehead atoms. The summed E-state index contributed by atoms with van der Waals surface area (Å²) < 4.78 is 0.